The molecule has 0 spiro atoms. The van der Waals surface area contributed by atoms with E-state index in [0.717, 1.165) is 25.9 Å². The second kappa shape index (κ2) is 8.39. The van der Waals surface area contributed by atoms with Crippen molar-refractivity contribution in [3.63, 3.8) is 0 Å². The third-order valence-electron chi connectivity index (χ3n) is 5.00. The summed E-state index contributed by atoms with van der Waals surface area (Å²) in [6.45, 7) is 7.11. The number of nitrogens with zero attached hydrogens (tertiary/aromatic N) is 2. The molecule has 0 bridgehead atoms. The van der Waals surface area contributed by atoms with Gasteiger partial charge in [-0.1, -0.05) is 18.2 Å². The van der Waals surface area contributed by atoms with Crippen LogP contribution in [0.4, 0.5) is 0 Å². The highest BCUT2D eigenvalue weighted by Gasteiger charge is 2.23. The van der Waals surface area contributed by atoms with Gasteiger partial charge in [0.1, 0.15) is 11.3 Å². The zero-order chi connectivity index (χ0) is 19.4. The van der Waals surface area contributed by atoms with Gasteiger partial charge in [0, 0.05) is 25.3 Å². The van der Waals surface area contributed by atoms with Crippen molar-refractivity contribution in [1.29, 1.82) is 0 Å². The molecule has 6 heteroatoms. The highest BCUT2D eigenvalue weighted by Crippen LogP contribution is 2.22. The molecule has 1 unspecified atom stereocenters. The zero-order valence-corrected chi connectivity index (χ0v) is 15.8. The van der Waals surface area contributed by atoms with Gasteiger partial charge in [-0.15, -0.1) is 0 Å². The van der Waals surface area contributed by atoms with Crippen LogP contribution in [0, 0.1) is 5.92 Å². The van der Waals surface area contributed by atoms with E-state index in [-0.39, 0.29) is 11.3 Å². The molecule has 27 heavy (non-hydrogen) atoms. The van der Waals surface area contributed by atoms with E-state index in [1.54, 1.807) is 35.0 Å². The lowest BCUT2D eigenvalue weighted by molar-refractivity contribution is 0.0693. The summed E-state index contributed by atoms with van der Waals surface area (Å²) in [5.41, 5.74) is -0.866. The van der Waals surface area contributed by atoms with E-state index in [9.17, 15) is 14.7 Å². The molecule has 1 N–H and O–H groups in total. The Labute approximate surface area is 159 Å². The summed E-state index contributed by atoms with van der Waals surface area (Å²) in [6.07, 6.45) is 5.27. The highest BCUT2D eigenvalue weighted by atomic mass is 16.5. The fourth-order valence-electron chi connectivity index (χ4n) is 3.56. The Hall–Kier alpha value is -2.60. The van der Waals surface area contributed by atoms with Crippen LogP contribution in [0.25, 0.3) is 0 Å². The number of pyridine rings is 1. The lowest BCUT2D eigenvalue weighted by Crippen LogP contribution is -2.41. The smallest absolute Gasteiger partial charge is 0.341 e. The van der Waals surface area contributed by atoms with Crippen molar-refractivity contribution < 1.29 is 14.6 Å². The van der Waals surface area contributed by atoms with Gasteiger partial charge >= 0.3 is 5.97 Å². The molecule has 0 aliphatic carbocycles. The van der Waals surface area contributed by atoms with Crippen molar-refractivity contribution in [2.24, 2.45) is 5.92 Å². The number of carboxylic acids is 1. The summed E-state index contributed by atoms with van der Waals surface area (Å²) in [7, 11) is 0. The minimum atomic E-state index is -1.24. The number of carbonyl (C=O) groups is 1. The molecule has 1 aliphatic heterocycles. The van der Waals surface area contributed by atoms with Gasteiger partial charge in [-0.2, -0.15) is 0 Å². The topological polar surface area (TPSA) is 71.8 Å². The summed E-state index contributed by atoms with van der Waals surface area (Å²) >= 11 is 0. The van der Waals surface area contributed by atoms with Gasteiger partial charge in [-0.05, 0) is 51.3 Å². The first kappa shape index (κ1) is 19.2. The molecule has 1 aliphatic rings. The van der Waals surface area contributed by atoms with E-state index in [0.29, 0.717) is 24.3 Å². The maximum absolute atomic E-state index is 12.5. The second-order valence-electron chi connectivity index (χ2n) is 7.38. The molecule has 6 nitrogen and oxygen atoms in total. The van der Waals surface area contributed by atoms with Crippen LogP contribution in [-0.2, 0) is 6.54 Å². The number of likely N-dealkylation sites (tertiary alicyclic amines) is 1. The van der Waals surface area contributed by atoms with Crippen molar-refractivity contribution in [3.05, 3.63) is 58.5 Å². The molecular weight excluding hydrogens is 344 g/mol. The van der Waals surface area contributed by atoms with E-state index in [2.05, 4.69) is 18.7 Å². The molecular formula is C21H26N2O4. The average molecular weight is 370 g/mol. The van der Waals surface area contributed by atoms with Crippen LogP contribution in [0.2, 0.25) is 0 Å². The van der Waals surface area contributed by atoms with Crippen LogP contribution in [0.15, 0.2) is 47.5 Å². The second-order valence-corrected chi connectivity index (χ2v) is 7.38. The van der Waals surface area contributed by atoms with Crippen LogP contribution in [0.1, 0.15) is 37.0 Å². The monoisotopic (exact) mass is 370 g/mol. The van der Waals surface area contributed by atoms with Gasteiger partial charge in [0.15, 0.2) is 5.75 Å². The number of para-hydroxylation sites is 1. The summed E-state index contributed by atoms with van der Waals surface area (Å²) in [5.74, 6) is -0.278. The lowest BCUT2D eigenvalue weighted by Gasteiger charge is -2.35. The minimum Gasteiger partial charge on any atom is -0.477 e. The molecule has 1 aromatic carbocycles. The van der Waals surface area contributed by atoms with Gasteiger partial charge < -0.3 is 19.3 Å². The quantitative estimate of drug-likeness (QED) is 0.843. The van der Waals surface area contributed by atoms with Gasteiger partial charge in [0.05, 0.1) is 6.20 Å². The van der Waals surface area contributed by atoms with E-state index < -0.39 is 11.4 Å². The first-order valence-electron chi connectivity index (χ1n) is 9.38. The largest absolute Gasteiger partial charge is 0.477 e. The third-order valence-corrected chi connectivity index (χ3v) is 5.00. The first-order chi connectivity index (χ1) is 12.9. The van der Waals surface area contributed by atoms with E-state index in [4.69, 9.17) is 4.74 Å². The predicted octanol–water partition coefficient (Wildman–Crippen LogP) is 3.46. The SMILES string of the molecule is CC(C)N1CCCC(Cn2cc(Oc3ccccc3)c(=O)c(C(=O)O)c2)C1. The summed E-state index contributed by atoms with van der Waals surface area (Å²) < 4.78 is 7.47. The molecule has 144 valence electrons. The number of ether oxygens (including phenoxy) is 1. The Morgan fingerprint density at radius 1 is 1.26 bits per heavy atom. The average Bonchev–Trinajstić information content (AvgIpc) is 2.65. The first-order valence-corrected chi connectivity index (χ1v) is 9.38. The van der Waals surface area contributed by atoms with Crippen molar-refractivity contribution in [1.82, 2.24) is 9.47 Å². The van der Waals surface area contributed by atoms with Crippen molar-refractivity contribution in [3.8, 4) is 11.5 Å². The Morgan fingerprint density at radius 3 is 2.67 bits per heavy atom. The van der Waals surface area contributed by atoms with Gasteiger partial charge in [-0.25, -0.2) is 4.79 Å². The predicted molar refractivity (Wildman–Crippen MR) is 104 cm³/mol. The molecule has 3 rings (SSSR count). The molecule has 0 amide bonds. The van der Waals surface area contributed by atoms with Crippen LogP contribution in [0.3, 0.4) is 0 Å². The molecule has 1 saturated heterocycles. The number of hydrogen-bond donors (Lipinski definition) is 1. The number of aromatic nitrogens is 1. The molecule has 1 aromatic heterocycles. The molecule has 2 aromatic rings. The lowest BCUT2D eigenvalue weighted by atomic mass is 9.97. The minimum absolute atomic E-state index is 0.0395. The number of rotatable bonds is 6. The van der Waals surface area contributed by atoms with Crippen LogP contribution < -0.4 is 10.2 Å². The van der Waals surface area contributed by atoms with Crippen molar-refractivity contribution in [2.45, 2.75) is 39.3 Å². The Bertz CT molecular complexity index is 845. The van der Waals surface area contributed by atoms with E-state index >= 15 is 0 Å². The summed E-state index contributed by atoms with van der Waals surface area (Å²) in [6, 6.07) is 9.42. The number of hydrogen-bond acceptors (Lipinski definition) is 4. The van der Waals surface area contributed by atoms with Crippen LogP contribution in [-0.4, -0.2) is 39.7 Å². The molecule has 2 heterocycles. The Kier molecular flexibility index (Phi) is 5.96. The van der Waals surface area contributed by atoms with Crippen LogP contribution >= 0.6 is 0 Å². The van der Waals surface area contributed by atoms with Gasteiger partial charge in [0.2, 0.25) is 5.43 Å². The summed E-state index contributed by atoms with van der Waals surface area (Å²) in [5, 5.41) is 9.42. The fourth-order valence-corrected chi connectivity index (χ4v) is 3.56. The summed E-state index contributed by atoms with van der Waals surface area (Å²) in [4.78, 5) is 26.4. The maximum atomic E-state index is 12.5. The highest BCUT2D eigenvalue weighted by molar-refractivity contribution is 5.87. The Balaban J connectivity index is 1.86. The third kappa shape index (κ3) is 4.77. The number of aromatic carboxylic acids is 1. The normalized spacial score (nSPS) is 17.8. The van der Waals surface area contributed by atoms with Crippen LogP contribution in [0.5, 0.6) is 11.5 Å². The molecule has 1 atom stereocenters. The van der Waals surface area contributed by atoms with E-state index in [1.807, 2.05) is 6.07 Å². The molecule has 0 radical (unpaired) electrons. The molecule has 0 saturated carbocycles. The van der Waals surface area contributed by atoms with Crippen molar-refractivity contribution >= 4 is 5.97 Å². The Morgan fingerprint density at radius 2 is 2.00 bits per heavy atom. The van der Waals surface area contributed by atoms with Gasteiger partial charge in [-0.3, -0.25) is 4.79 Å². The zero-order valence-electron chi connectivity index (χ0n) is 15.8. The number of benzene rings is 1. The number of piperidine rings is 1. The molecule has 1 fully saturated rings. The van der Waals surface area contributed by atoms with E-state index in [1.165, 1.54) is 6.20 Å². The number of carboxylic acid groups (broad SMARTS) is 1. The standard InChI is InChI=1S/C21H26N2O4/c1-15(2)23-10-6-7-16(12-23)11-22-13-18(21(25)26)20(24)19(14-22)27-17-8-4-3-5-9-17/h3-5,8-9,13-16H,6-7,10-12H2,1-2H3,(H,25,26). The van der Waals surface area contributed by atoms with Gasteiger partial charge in [0.25, 0.3) is 0 Å². The fraction of sp³-hybridized carbons (Fsp3) is 0.429. The maximum Gasteiger partial charge on any atom is 0.341 e. The van der Waals surface area contributed by atoms with Crippen molar-refractivity contribution in [2.75, 3.05) is 13.1 Å².